The fourth-order valence-electron chi connectivity index (χ4n) is 3.32. The Morgan fingerprint density at radius 3 is 2.91 bits per heavy atom. The highest BCUT2D eigenvalue weighted by Gasteiger charge is 2.22. The van der Waals surface area contributed by atoms with Crippen LogP contribution in [0.5, 0.6) is 0 Å². The molecule has 5 heteroatoms. The van der Waals surface area contributed by atoms with Gasteiger partial charge in [0, 0.05) is 30.4 Å². The molecule has 1 saturated heterocycles. The van der Waals surface area contributed by atoms with Gasteiger partial charge in [-0.05, 0) is 44.5 Å². The van der Waals surface area contributed by atoms with Crippen molar-refractivity contribution in [3.05, 3.63) is 42.8 Å². The van der Waals surface area contributed by atoms with Gasteiger partial charge in [0.15, 0.2) is 0 Å². The van der Waals surface area contributed by atoms with Crippen molar-refractivity contribution in [3.63, 3.8) is 0 Å². The predicted molar refractivity (Wildman–Crippen MR) is 95.9 cm³/mol. The molecule has 0 amide bonds. The first kappa shape index (κ1) is 16.0. The maximum absolute atomic E-state index is 4.57. The van der Waals surface area contributed by atoms with Gasteiger partial charge < -0.3 is 21.3 Å². The second-order valence-electron chi connectivity index (χ2n) is 6.35. The molecular formula is C18H27N5. The molecule has 0 aromatic carbocycles. The van der Waals surface area contributed by atoms with E-state index in [2.05, 4.69) is 39.4 Å². The molecule has 1 aromatic heterocycles. The monoisotopic (exact) mass is 313 g/mol. The first-order valence-corrected chi connectivity index (χ1v) is 8.50. The van der Waals surface area contributed by atoms with Crippen LogP contribution in [0.25, 0.3) is 5.70 Å². The number of anilines is 1. The smallest absolute Gasteiger partial charge is 0.0999 e. The molecule has 0 bridgehead atoms. The van der Waals surface area contributed by atoms with E-state index in [1.54, 1.807) is 0 Å². The summed E-state index contributed by atoms with van der Waals surface area (Å²) in [6, 6.07) is 2.01. The summed E-state index contributed by atoms with van der Waals surface area (Å²) >= 11 is 0. The van der Waals surface area contributed by atoms with Crippen molar-refractivity contribution in [2.24, 2.45) is 5.92 Å². The Morgan fingerprint density at radius 1 is 1.30 bits per heavy atom. The molecule has 0 saturated carbocycles. The largest absolute Gasteiger partial charge is 0.365 e. The molecule has 3 rings (SSSR count). The Morgan fingerprint density at radius 2 is 2.13 bits per heavy atom. The van der Waals surface area contributed by atoms with Crippen molar-refractivity contribution in [1.82, 2.24) is 20.9 Å². The van der Waals surface area contributed by atoms with Gasteiger partial charge in [-0.3, -0.25) is 4.98 Å². The van der Waals surface area contributed by atoms with Crippen LogP contribution >= 0.6 is 0 Å². The summed E-state index contributed by atoms with van der Waals surface area (Å²) in [4.78, 5) is 4.57. The summed E-state index contributed by atoms with van der Waals surface area (Å²) in [6.07, 6.45) is 7.27. The molecule has 2 aliphatic rings. The van der Waals surface area contributed by atoms with E-state index < -0.39 is 0 Å². The summed E-state index contributed by atoms with van der Waals surface area (Å²) in [6.45, 7) is 12.1. The highest BCUT2D eigenvalue weighted by Crippen LogP contribution is 2.29. The van der Waals surface area contributed by atoms with E-state index in [1.165, 1.54) is 12.8 Å². The normalized spacial score (nSPS) is 21.2. The number of hydrogen-bond donors (Lipinski definition) is 4. The summed E-state index contributed by atoms with van der Waals surface area (Å²) in [5.41, 5.74) is 4.22. The zero-order valence-electron chi connectivity index (χ0n) is 13.7. The summed E-state index contributed by atoms with van der Waals surface area (Å²) in [5, 5.41) is 13.9. The van der Waals surface area contributed by atoms with Gasteiger partial charge in [0.05, 0.1) is 17.5 Å². The van der Waals surface area contributed by atoms with Gasteiger partial charge in [0.25, 0.3) is 0 Å². The lowest BCUT2D eigenvalue weighted by Crippen LogP contribution is -2.39. The minimum Gasteiger partial charge on any atom is -0.365 e. The van der Waals surface area contributed by atoms with Gasteiger partial charge in [-0.2, -0.15) is 0 Å². The van der Waals surface area contributed by atoms with Crippen LogP contribution in [0.1, 0.15) is 30.5 Å². The number of rotatable bonds is 6. The Hall–Kier alpha value is -1.85. The lowest BCUT2D eigenvalue weighted by Gasteiger charge is -2.31. The fraction of sp³-hybridized carbons (Fsp3) is 0.500. The van der Waals surface area contributed by atoms with Crippen LogP contribution in [-0.4, -0.2) is 30.8 Å². The Labute approximate surface area is 138 Å². The molecule has 4 N–H and O–H groups in total. The highest BCUT2D eigenvalue weighted by atomic mass is 15.2. The molecular weight excluding hydrogens is 286 g/mol. The van der Waals surface area contributed by atoms with Crippen LogP contribution in [0.2, 0.25) is 0 Å². The van der Waals surface area contributed by atoms with Crippen molar-refractivity contribution < 1.29 is 0 Å². The minimum atomic E-state index is 0.139. The summed E-state index contributed by atoms with van der Waals surface area (Å²) < 4.78 is 0. The van der Waals surface area contributed by atoms with Crippen LogP contribution in [-0.2, 0) is 6.54 Å². The minimum absolute atomic E-state index is 0.139. The molecule has 0 spiro atoms. The lowest BCUT2D eigenvalue weighted by atomic mass is 9.98. The number of piperidine rings is 1. The van der Waals surface area contributed by atoms with Gasteiger partial charge in [0.1, 0.15) is 0 Å². The van der Waals surface area contributed by atoms with Crippen LogP contribution in [0, 0.1) is 5.92 Å². The number of aromatic nitrogens is 1. The first-order valence-electron chi connectivity index (χ1n) is 8.50. The number of hydrogen-bond acceptors (Lipinski definition) is 5. The highest BCUT2D eigenvalue weighted by molar-refractivity contribution is 5.78. The van der Waals surface area contributed by atoms with Gasteiger partial charge in [-0.1, -0.05) is 12.7 Å². The molecule has 3 heterocycles. The average molecular weight is 313 g/mol. The van der Waals surface area contributed by atoms with Crippen LogP contribution in [0.15, 0.2) is 31.5 Å². The van der Waals surface area contributed by atoms with Crippen molar-refractivity contribution in [3.8, 4) is 0 Å². The van der Waals surface area contributed by atoms with Crippen LogP contribution in [0.3, 0.4) is 0 Å². The van der Waals surface area contributed by atoms with Crippen molar-refractivity contribution in [2.75, 3.05) is 25.0 Å². The molecule has 1 fully saturated rings. The molecule has 1 unspecified atom stereocenters. The van der Waals surface area contributed by atoms with Gasteiger partial charge >= 0.3 is 0 Å². The van der Waals surface area contributed by atoms with Crippen molar-refractivity contribution >= 4 is 11.4 Å². The van der Waals surface area contributed by atoms with Gasteiger partial charge in [-0.15, -0.1) is 6.58 Å². The lowest BCUT2D eigenvalue weighted by molar-refractivity contribution is 0.356. The molecule has 0 radical (unpaired) electrons. The maximum atomic E-state index is 4.57. The molecule has 2 aliphatic heterocycles. The SMILES string of the molecule is C=CCC1NC(=C)c2ccnc(CNCC3CCNCC3)c2N1. The third-order valence-electron chi connectivity index (χ3n) is 4.61. The second kappa shape index (κ2) is 7.62. The van der Waals surface area contributed by atoms with Crippen LogP contribution < -0.4 is 21.3 Å². The summed E-state index contributed by atoms with van der Waals surface area (Å²) in [5.74, 6) is 0.772. The Bertz CT molecular complexity index is 563. The molecule has 0 aliphatic carbocycles. The molecule has 1 aromatic rings. The Kier molecular flexibility index (Phi) is 5.31. The molecule has 23 heavy (non-hydrogen) atoms. The quantitative estimate of drug-likeness (QED) is 0.606. The van der Waals surface area contributed by atoms with E-state index in [1.807, 2.05) is 18.3 Å². The fourth-order valence-corrected chi connectivity index (χ4v) is 3.32. The van der Waals surface area contributed by atoms with E-state index in [-0.39, 0.29) is 6.17 Å². The van der Waals surface area contributed by atoms with E-state index in [0.717, 1.165) is 61.2 Å². The number of pyridine rings is 1. The maximum Gasteiger partial charge on any atom is 0.0999 e. The van der Waals surface area contributed by atoms with Crippen LogP contribution in [0.4, 0.5) is 5.69 Å². The first-order chi connectivity index (χ1) is 11.3. The topological polar surface area (TPSA) is 61.0 Å². The number of fused-ring (bicyclic) bond motifs is 1. The Balaban J connectivity index is 1.64. The number of nitrogens with zero attached hydrogens (tertiary/aromatic N) is 1. The summed E-state index contributed by atoms with van der Waals surface area (Å²) in [7, 11) is 0. The van der Waals surface area contributed by atoms with E-state index >= 15 is 0 Å². The van der Waals surface area contributed by atoms with E-state index in [4.69, 9.17) is 0 Å². The van der Waals surface area contributed by atoms with Gasteiger partial charge in [-0.25, -0.2) is 0 Å². The van der Waals surface area contributed by atoms with E-state index in [9.17, 15) is 0 Å². The van der Waals surface area contributed by atoms with Crippen molar-refractivity contribution in [1.29, 1.82) is 0 Å². The number of nitrogens with one attached hydrogen (secondary N) is 4. The average Bonchev–Trinajstić information content (AvgIpc) is 2.57. The standard InChI is InChI=1S/C18H27N5/c1-3-4-17-22-13(2)15-7-10-21-16(18(15)23-17)12-20-11-14-5-8-19-9-6-14/h3,7,10,14,17,19-20,22-23H,1-2,4-6,8-9,11-12H2. The zero-order chi connectivity index (χ0) is 16.1. The third kappa shape index (κ3) is 3.92. The van der Waals surface area contributed by atoms with E-state index in [0.29, 0.717) is 0 Å². The second-order valence-corrected chi connectivity index (χ2v) is 6.35. The third-order valence-corrected chi connectivity index (χ3v) is 4.61. The van der Waals surface area contributed by atoms with Gasteiger partial charge in [0.2, 0.25) is 0 Å². The molecule has 124 valence electrons. The van der Waals surface area contributed by atoms with Crippen molar-refractivity contribution in [2.45, 2.75) is 32.0 Å². The molecule has 5 nitrogen and oxygen atoms in total. The molecule has 1 atom stereocenters. The predicted octanol–water partition coefficient (Wildman–Crippen LogP) is 2.06. The zero-order valence-corrected chi connectivity index (χ0v) is 13.7.